The van der Waals surface area contributed by atoms with Crippen molar-refractivity contribution in [1.82, 2.24) is 4.98 Å². The molecule has 0 radical (unpaired) electrons. The standard InChI is InChI=1S/C22H24Cl2N2O3S/c23-15-5-8-18(24)17(11-15)19-12-30-22(25-19)26(16-6-7-16)21(29)14(10-20(27)28)9-13-3-1-2-4-13/h5,8,11-14,16H,1-4,6-7,9-10H2,(H,27,28). The maximum absolute atomic E-state index is 13.5. The molecule has 8 heteroatoms. The van der Waals surface area contributed by atoms with Crippen LogP contribution in [-0.2, 0) is 9.59 Å². The molecular weight excluding hydrogens is 443 g/mol. The van der Waals surface area contributed by atoms with Crippen molar-refractivity contribution in [2.75, 3.05) is 4.90 Å². The monoisotopic (exact) mass is 466 g/mol. The third-order valence-electron chi connectivity index (χ3n) is 5.91. The van der Waals surface area contributed by atoms with Gasteiger partial charge in [-0.05, 0) is 43.4 Å². The number of carbonyl (C=O) groups is 2. The molecule has 1 N–H and O–H groups in total. The summed E-state index contributed by atoms with van der Waals surface area (Å²) in [6.45, 7) is 0. The smallest absolute Gasteiger partial charge is 0.304 e. The second-order valence-corrected chi connectivity index (χ2v) is 9.94. The molecule has 0 bridgehead atoms. The minimum atomic E-state index is -0.923. The first kappa shape index (κ1) is 21.6. The van der Waals surface area contributed by atoms with Crippen molar-refractivity contribution in [2.24, 2.45) is 11.8 Å². The number of anilines is 1. The number of nitrogens with zero attached hydrogens (tertiary/aromatic N) is 2. The van der Waals surface area contributed by atoms with Gasteiger partial charge in [0, 0.05) is 27.9 Å². The molecule has 30 heavy (non-hydrogen) atoms. The number of thiazole rings is 1. The van der Waals surface area contributed by atoms with Crippen LogP contribution in [0.5, 0.6) is 0 Å². The molecule has 2 saturated carbocycles. The lowest BCUT2D eigenvalue weighted by molar-refractivity contribution is -0.141. The highest BCUT2D eigenvalue weighted by atomic mass is 35.5. The highest BCUT2D eigenvalue weighted by molar-refractivity contribution is 7.14. The van der Waals surface area contributed by atoms with Crippen molar-refractivity contribution in [2.45, 2.75) is 57.4 Å². The fourth-order valence-corrected chi connectivity index (χ4v) is 5.57. The molecule has 2 aromatic rings. The van der Waals surface area contributed by atoms with Gasteiger partial charge in [-0.3, -0.25) is 14.5 Å². The van der Waals surface area contributed by atoms with Gasteiger partial charge in [0.2, 0.25) is 5.91 Å². The Morgan fingerprint density at radius 3 is 2.60 bits per heavy atom. The van der Waals surface area contributed by atoms with E-state index in [2.05, 4.69) is 0 Å². The normalized spacial score (nSPS) is 17.8. The quantitative estimate of drug-likeness (QED) is 0.496. The summed E-state index contributed by atoms with van der Waals surface area (Å²) in [7, 11) is 0. The molecule has 2 aliphatic carbocycles. The summed E-state index contributed by atoms with van der Waals surface area (Å²) in [5, 5.41) is 13.0. The van der Waals surface area contributed by atoms with Crippen molar-refractivity contribution >= 4 is 51.5 Å². The van der Waals surface area contributed by atoms with Gasteiger partial charge in [0.05, 0.1) is 17.1 Å². The summed E-state index contributed by atoms with van der Waals surface area (Å²) < 4.78 is 0. The summed E-state index contributed by atoms with van der Waals surface area (Å²) in [5.41, 5.74) is 1.40. The Bertz CT molecular complexity index is 938. The molecule has 1 amide bonds. The average molecular weight is 467 g/mol. The topological polar surface area (TPSA) is 70.5 Å². The van der Waals surface area contributed by atoms with Crippen LogP contribution in [0.2, 0.25) is 10.0 Å². The molecule has 1 unspecified atom stereocenters. The molecule has 1 aromatic heterocycles. The molecule has 5 nitrogen and oxygen atoms in total. The zero-order chi connectivity index (χ0) is 21.3. The van der Waals surface area contributed by atoms with Gasteiger partial charge in [-0.1, -0.05) is 48.9 Å². The molecule has 1 atom stereocenters. The fraction of sp³-hybridized carbons (Fsp3) is 0.500. The van der Waals surface area contributed by atoms with E-state index < -0.39 is 11.9 Å². The van der Waals surface area contributed by atoms with E-state index in [1.54, 1.807) is 23.1 Å². The molecular formula is C22H24Cl2N2O3S. The average Bonchev–Trinajstić information content (AvgIpc) is 3.18. The lowest BCUT2D eigenvalue weighted by atomic mass is 9.90. The summed E-state index contributed by atoms with van der Waals surface area (Å²) in [4.78, 5) is 31.4. The number of hydrogen-bond donors (Lipinski definition) is 1. The third kappa shape index (κ3) is 4.98. The second kappa shape index (κ2) is 9.25. The summed E-state index contributed by atoms with van der Waals surface area (Å²) in [5.74, 6) is -1.10. The van der Waals surface area contributed by atoms with Crippen molar-refractivity contribution in [3.8, 4) is 11.3 Å². The fourth-order valence-electron chi connectivity index (χ4n) is 4.28. The van der Waals surface area contributed by atoms with Gasteiger partial charge in [0.1, 0.15) is 0 Å². The number of carbonyl (C=O) groups excluding carboxylic acids is 1. The van der Waals surface area contributed by atoms with Gasteiger partial charge in [-0.25, -0.2) is 4.98 Å². The van der Waals surface area contributed by atoms with Crippen LogP contribution < -0.4 is 4.90 Å². The molecule has 2 fully saturated rings. The summed E-state index contributed by atoms with van der Waals surface area (Å²) >= 11 is 13.8. The number of aromatic nitrogens is 1. The number of rotatable bonds is 8. The van der Waals surface area contributed by atoms with Crippen LogP contribution in [0.1, 0.15) is 51.4 Å². The first-order chi connectivity index (χ1) is 14.4. The van der Waals surface area contributed by atoms with E-state index in [1.807, 2.05) is 5.38 Å². The van der Waals surface area contributed by atoms with Gasteiger partial charge in [-0.2, -0.15) is 0 Å². The lowest BCUT2D eigenvalue weighted by Crippen LogP contribution is -2.39. The number of amides is 1. The number of carboxylic acid groups (broad SMARTS) is 1. The van der Waals surface area contributed by atoms with Crippen LogP contribution in [0.4, 0.5) is 5.13 Å². The van der Waals surface area contributed by atoms with Crippen LogP contribution in [-0.4, -0.2) is 28.0 Å². The van der Waals surface area contributed by atoms with Gasteiger partial charge in [0.15, 0.2) is 5.13 Å². The highest BCUT2D eigenvalue weighted by Gasteiger charge is 2.40. The number of halogens is 2. The predicted molar refractivity (Wildman–Crippen MR) is 120 cm³/mol. The molecule has 0 saturated heterocycles. The second-order valence-electron chi connectivity index (χ2n) is 8.26. The van der Waals surface area contributed by atoms with Crippen molar-refractivity contribution in [3.05, 3.63) is 33.6 Å². The van der Waals surface area contributed by atoms with E-state index >= 15 is 0 Å². The van der Waals surface area contributed by atoms with E-state index in [0.717, 1.165) is 31.2 Å². The maximum atomic E-state index is 13.5. The summed E-state index contributed by atoms with van der Waals surface area (Å²) in [6.07, 6.45) is 6.86. The van der Waals surface area contributed by atoms with Gasteiger partial charge < -0.3 is 5.11 Å². The van der Waals surface area contributed by atoms with Crippen LogP contribution in [0, 0.1) is 11.8 Å². The predicted octanol–water partition coefficient (Wildman–Crippen LogP) is 6.28. The number of benzene rings is 1. The molecule has 1 aromatic carbocycles. The minimum absolute atomic E-state index is 0.103. The van der Waals surface area contributed by atoms with E-state index in [4.69, 9.17) is 28.2 Å². The van der Waals surface area contributed by atoms with Gasteiger partial charge in [-0.15, -0.1) is 11.3 Å². The Labute approximate surface area is 190 Å². The van der Waals surface area contributed by atoms with Crippen LogP contribution in [0.3, 0.4) is 0 Å². The Hall–Kier alpha value is -1.63. The Morgan fingerprint density at radius 1 is 1.20 bits per heavy atom. The maximum Gasteiger partial charge on any atom is 0.304 e. The van der Waals surface area contributed by atoms with Crippen molar-refractivity contribution in [3.63, 3.8) is 0 Å². The zero-order valence-corrected chi connectivity index (χ0v) is 18.8. The number of carboxylic acids is 1. The zero-order valence-electron chi connectivity index (χ0n) is 16.5. The highest BCUT2D eigenvalue weighted by Crippen LogP contribution is 2.40. The van der Waals surface area contributed by atoms with E-state index in [0.29, 0.717) is 33.2 Å². The van der Waals surface area contributed by atoms with E-state index in [1.165, 1.54) is 24.2 Å². The molecule has 4 rings (SSSR count). The molecule has 0 aliphatic heterocycles. The number of aliphatic carboxylic acids is 1. The first-order valence-electron chi connectivity index (χ1n) is 10.4. The number of hydrogen-bond acceptors (Lipinski definition) is 4. The van der Waals surface area contributed by atoms with Gasteiger partial charge in [0.25, 0.3) is 0 Å². The molecule has 1 heterocycles. The lowest BCUT2D eigenvalue weighted by Gasteiger charge is -2.26. The van der Waals surface area contributed by atoms with Crippen LogP contribution in [0.15, 0.2) is 23.6 Å². The van der Waals surface area contributed by atoms with Crippen LogP contribution in [0.25, 0.3) is 11.3 Å². The molecule has 2 aliphatic rings. The SMILES string of the molecule is O=C(O)CC(CC1CCCC1)C(=O)N(c1nc(-c2cc(Cl)ccc2Cl)cs1)C1CC1. The van der Waals surface area contributed by atoms with Crippen molar-refractivity contribution < 1.29 is 14.7 Å². The first-order valence-corrected chi connectivity index (χ1v) is 12.0. The third-order valence-corrected chi connectivity index (χ3v) is 7.32. The Balaban J connectivity index is 1.59. The van der Waals surface area contributed by atoms with Crippen LogP contribution >= 0.6 is 34.5 Å². The van der Waals surface area contributed by atoms with Gasteiger partial charge >= 0.3 is 5.97 Å². The minimum Gasteiger partial charge on any atom is -0.481 e. The Kier molecular flexibility index (Phi) is 6.66. The van der Waals surface area contributed by atoms with E-state index in [-0.39, 0.29) is 18.4 Å². The largest absolute Gasteiger partial charge is 0.481 e. The molecule has 160 valence electrons. The van der Waals surface area contributed by atoms with Crippen molar-refractivity contribution in [1.29, 1.82) is 0 Å². The summed E-state index contributed by atoms with van der Waals surface area (Å²) in [6, 6.07) is 5.32. The molecule has 0 spiro atoms. The van der Waals surface area contributed by atoms with E-state index in [9.17, 15) is 14.7 Å². The Morgan fingerprint density at radius 2 is 1.93 bits per heavy atom.